The first kappa shape index (κ1) is 9.21. The number of nitrogens with one attached hydrogen (secondary N) is 1. The van der Waals surface area contributed by atoms with Gasteiger partial charge in [-0.05, 0) is 6.92 Å². The number of hydrogen-bond acceptors (Lipinski definition) is 3. The maximum absolute atomic E-state index is 11.5. The van der Waals surface area contributed by atoms with Crippen LogP contribution in [0.2, 0.25) is 0 Å². The third kappa shape index (κ3) is 1.35. The second kappa shape index (κ2) is 2.87. The van der Waals surface area contributed by atoms with E-state index in [9.17, 15) is 8.42 Å². The van der Waals surface area contributed by atoms with Crippen molar-refractivity contribution in [3.8, 4) is 0 Å². The Morgan fingerprint density at radius 1 is 1.50 bits per heavy atom. The molecule has 0 fully saturated rings. The molecule has 1 rings (SSSR count). The number of hydrogen-bond donors (Lipinski definition) is 1. The van der Waals surface area contributed by atoms with Crippen LogP contribution in [0.3, 0.4) is 0 Å². The molecule has 0 amide bonds. The summed E-state index contributed by atoms with van der Waals surface area (Å²) in [7, 11) is -0.349. The lowest BCUT2D eigenvalue weighted by Crippen LogP contribution is -2.22. The molecule has 68 valence electrons. The van der Waals surface area contributed by atoms with Crippen LogP contribution < -0.4 is 0 Å². The van der Waals surface area contributed by atoms with Gasteiger partial charge in [0.25, 0.3) is 0 Å². The fourth-order valence-electron chi connectivity index (χ4n) is 0.796. The van der Waals surface area contributed by atoms with Gasteiger partial charge in [-0.3, -0.25) is 5.10 Å². The van der Waals surface area contributed by atoms with E-state index in [2.05, 4.69) is 10.2 Å². The van der Waals surface area contributed by atoms with Gasteiger partial charge in [0.1, 0.15) is 4.90 Å². The number of aromatic nitrogens is 2. The summed E-state index contributed by atoms with van der Waals surface area (Å²) < 4.78 is 24.1. The fraction of sp³-hybridized carbons (Fsp3) is 0.500. The molecule has 0 atom stereocenters. The molecule has 1 heterocycles. The Morgan fingerprint density at radius 2 is 2.08 bits per heavy atom. The molecule has 0 unspecified atom stereocenters. The number of aromatic amines is 1. The molecule has 12 heavy (non-hydrogen) atoms. The standard InChI is InChI=1S/C6H11N3O2S/c1-5-6(4-7-8-5)12(10,11)9(2)3/h4H,1-3H3,(H,7,8). The van der Waals surface area contributed by atoms with E-state index >= 15 is 0 Å². The SMILES string of the molecule is Cc1[nH]ncc1S(=O)(=O)N(C)C. The fourth-order valence-corrected chi connectivity index (χ4v) is 1.81. The molecule has 0 bridgehead atoms. The molecule has 6 heteroatoms. The summed E-state index contributed by atoms with van der Waals surface area (Å²) in [6, 6.07) is 0. The van der Waals surface area contributed by atoms with Crippen molar-refractivity contribution in [2.24, 2.45) is 0 Å². The molecule has 0 radical (unpaired) electrons. The van der Waals surface area contributed by atoms with E-state index in [0.717, 1.165) is 4.31 Å². The van der Waals surface area contributed by atoms with Gasteiger partial charge in [-0.1, -0.05) is 0 Å². The van der Waals surface area contributed by atoms with E-state index in [0.29, 0.717) is 5.69 Å². The highest BCUT2D eigenvalue weighted by Gasteiger charge is 2.20. The van der Waals surface area contributed by atoms with Crippen molar-refractivity contribution in [3.05, 3.63) is 11.9 Å². The van der Waals surface area contributed by atoms with Crippen molar-refractivity contribution in [1.29, 1.82) is 0 Å². The molecule has 0 saturated heterocycles. The zero-order valence-electron chi connectivity index (χ0n) is 7.20. The lowest BCUT2D eigenvalue weighted by atomic mass is 10.5. The molecule has 1 aromatic heterocycles. The van der Waals surface area contributed by atoms with Gasteiger partial charge in [-0.15, -0.1) is 0 Å². The number of rotatable bonds is 2. The Morgan fingerprint density at radius 3 is 2.42 bits per heavy atom. The van der Waals surface area contributed by atoms with Crippen LogP contribution >= 0.6 is 0 Å². The highest BCUT2D eigenvalue weighted by atomic mass is 32.2. The topological polar surface area (TPSA) is 66.1 Å². The summed E-state index contributed by atoms with van der Waals surface area (Å²) in [6.45, 7) is 1.67. The molecular weight excluding hydrogens is 178 g/mol. The van der Waals surface area contributed by atoms with Crippen LogP contribution in [-0.2, 0) is 10.0 Å². The molecule has 0 aromatic carbocycles. The van der Waals surface area contributed by atoms with Gasteiger partial charge >= 0.3 is 0 Å². The van der Waals surface area contributed by atoms with Crippen LogP contribution in [0, 0.1) is 6.92 Å². The van der Waals surface area contributed by atoms with Gasteiger partial charge in [-0.25, -0.2) is 12.7 Å². The summed E-state index contributed by atoms with van der Waals surface area (Å²) in [5.74, 6) is 0. The normalized spacial score (nSPS) is 12.3. The molecule has 0 aliphatic heterocycles. The first-order valence-electron chi connectivity index (χ1n) is 3.38. The maximum atomic E-state index is 11.5. The minimum Gasteiger partial charge on any atom is -0.281 e. The molecule has 1 N–H and O–H groups in total. The Kier molecular flexibility index (Phi) is 2.20. The maximum Gasteiger partial charge on any atom is 0.245 e. The summed E-state index contributed by atoms with van der Waals surface area (Å²) in [4.78, 5) is 0.229. The van der Waals surface area contributed by atoms with Crippen LogP contribution in [0.4, 0.5) is 0 Å². The summed E-state index contributed by atoms with van der Waals surface area (Å²) in [5, 5.41) is 6.21. The van der Waals surface area contributed by atoms with Crippen LogP contribution in [0.15, 0.2) is 11.1 Å². The van der Waals surface area contributed by atoms with Crippen LogP contribution in [0.25, 0.3) is 0 Å². The highest BCUT2D eigenvalue weighted by Crippen LogP contribution is 2.14. The van der Waals surface area contributed by atoms with Crippen molar-refractivity contribution < 1.29 is 8.42 Å². The van der Waals surface area contributed by atoms with E-state index in [1.54, 1.807) is 6.92 Å². The Labute approximate surface area is 71.4 Å². The molecule has 5 nitrogen and oxygen atoms in total. The van der Waals surface area contributed by atoms with Crippen molar-refractivity contribution in [2.75, 3.05) is 14.1 Å². The Hall–Kier alpha value is -0.880. The van der Waals surface area contributed by atoms with E-state index in [-0.39, 0.29) is 4.90 Å². The van der Waals surface area contributed by atoms with E-state index in [1.807, 2.05) is 0 Å². The van der Waals surface area contributed by atoms with Gasteiger partial charge in [-0.2, -0.15) is 5.10 Å². The average molecular weight is 189 g/mol. The lowest BCUT2D eigenvalue weighted by Gasteiger charge is -2.09. The molecule has 0 saturated carbocycles. The van der Waals surface area contributed by atoms with Gasteiger partial charge in [0.15, 0.2) is 0 Å². The van der Waals surface area contributed by atoms with Crippen molar-refractivity contribution in [2.45, 2.75) is 11.8 Å². The van der Waals surface area contributed by atoms with Gasteiger partial charge in [0.2, 0.25) is 10.0 Å². The summed E-state index contributed by atoms with van der Waals surface area (Å²) in [5.41, 5.74) is 0.559. The molecule has 1 aromatic rings. The third-order valence-electron chi connectivity index (χ3n) is 1.54. The first-order valence-corrected chi connectivity index (χ1v) is 4.83. The van der Waals surface area contributed by atoms with Crippen molar-refractivity contribution in [3.63, 3.8) is 0 Å². The average Bonchev–Trinajstić information content (AvgIpc) is 2.35. The molecular formula is C6H11N3O2S. The van der Waals surface area contributed by atoms with Gasteiger partial charge in [0.05, 0.1) is 11.9 Å². The monoisotopic (exact) mass is 189 g/mol. The smallest absolute Gasteiger partial charge is 0.245 e. The van der Waals surface area contributed by atoms with Crippen LogP contribution in [0.5, 0.6) is 0 Å². The summed E-state index contributed by atoms with van der Waals surface area (Å²) >= 11 is 0. The van der Waals surface area contributed by atoms with Gasteiger partial charge < -0.3 is 0 Å². The zero-order chi connectivity index (χ0) is 9.35. The predicted octanol–water partition coefficient (Wildman–Crippen LogP) is -0.0316. The van der Waals surface area contributed by atoms with E-state index < -0.39 is 10.0 Å². The lowest BCUT2D eigenvalue weighted by molar-refractivity contribution is 0.520. The first-order chi connectivity index (χ1) is 5.46. The minimum absolute atomic E-state index is 0.229. The predicted molar refractivity (Wildman–Crippen MR) is 44.2 cm³/mol. The Balaban J connectivity index is 3.24. The molecule has 0 aliphatic rings. The highest BCUT2D eigenvalue weighted by molar-refractivity contribution is 7.89. The van der Waals surface area contributed by atoms with Crippen molar-refractivity contribution >= 4 is 10.0 Å². The largest absolute Gasteiger partial charge is 0.281 e. The third-order valence-corrected chi connectivity index (χ3v) is 3.47. The van der Waals surface area contributed by atoms with E-state index in [1.165, 1.54) is 20.3 Å². The number of nitrogens with zero attached hydrogens (tertiary/aromatic N) is 2. The van der Waals surface area contributed by atoms with Crippen LogP contribution in [-0.4, -0.2) is 37.0 Å². The molecule has 0 aliphatic carbocycles. The number of sulfonamides is 1. The second-order valence-corrected chi connectivity index (χ2v) is 4.77. The van der Waals surface area contributed by atoms with Gasteiger partial charge in [0, 0.05) is 14.1 Å². The minimum atomic E-state index is -3.32. The number of H-pyrrole nitrogens is 1. The van der Waals surface area contributed by atoms with E-state index in [4.69, 9.17) is 0 Å². The summed E-state index contributed by atoms with van der Waals surface area (Å²) in [6.07, 6.45) is 1.31. The van der Waals surface area contributed by atoms with Crippen molar-refractivity contribution in [1.82, 2.24) is 14.5 Å². The number of aryl methyl sites for hydroxylation is 1. The van der Waals surface area contributed by atoms with Crippen LogP contribution in [0.1, 0.15) is 5.69 Å². The Bertz CT molecular complexity index is 366. The quantitative estimate of drug-likeness (QED) is 0.710. The zero-order valence-corrected chi connectivity index (χ0v) is 8.01. The second-order valence-electron chi connectivity index (χ2n) is 2.65. The molecule has 0 spiro atoms.